The third kappa shape index (κ3) is 2.86. The molecule has 0 saturated carbocycles. The van der Waals surface area contributed by atoms with Gasteiger partial charge in [-0.2, -0.15) is 11.8 Å². The molecule has 0 spiro atoms. The summed E-state index contributed by atoms with van der Waals surface area (Å²) in [5.41, 5.74) is 5.06. The maximum absolute atomic E-state index is 11.5. The van der Waals surface area contributed by atoms with E-state index in [1.807, 2.05) is 12.1 Å². The van der Waals surface area contributed by atoms with Crippen molar-refractivity contribution in [3.05, 3.63) is 40.2 Å². The van der Waals surface area contributed by atoms with Gasteiger partial charge in [0.15, 0.2) is 0 Å². The first-order valence-corrected chi connectivity index (χ1v) is 6.88. The van der Waals surface area contributed by atoms with Crippen molar-refractivity contribution in [2.45, 2.75) is 5.75 Å². The van der Waals surface area contributed by atoms with Gasteiger partial charge in [-0.05, 0) is 17.7 Å². The van der Waals surface area contributed by atoms with E-state index in [2.05, 4.69) is 5.73 Å². The Bertz CT molecular complexity index is 594. The van der Waals surface area contributed by atoms with E-state index >= 15 is 0 Å². The van der Waals surface area contributed by atoms with Crippen LogP contribution in [0.5, 0.6) is 5.75 Å². The lowest BCUT2D eigenvalue weighted by atomic mass is 10.1. The van der Waals surface area contributed by atoms with Crippen LogP contribution in [0.2, 0.25) is 0 Å². The van der Waals surface area contributed by atoms with Crippen LogP contribution in [0.4, 0.5) is 0 Å². The van der Waals surface area contributed by atoms with Crippen molar-refractivity contribution in [2.75, 3.05) is 19.4 Å². The van der Waals surface area contributed by atoms with Gasteiger partial charge in [0.2, 0.25) is 0 Å². The first-order valence-electron chi connectivity index (χ1n) is 5.72. The molecular weight excluding hydrogens is 250 g/mol. The summed E-state index contributed by atoms with van der Waals surface area (Å²) in [6.45, 7) is 0.887. The van der Waals surface area contributed by atoms with E-state index in [1.165, 1.54) is 0 Å². The van der Waals surface area contributed by atoms with Gasteiger partial charge in [0.05, 0.1) is 13.7 Å². The molecule has 2 aromatic rings. The predicted octanol–water partition coefficient (Wildman–Crippen LogP) is 1.28. The number of benzene rings is 1. The van der Waals surface area contributed by atoms with E-state index in [-0.39, 0.29) is 5.63 Å². The van der Waals surface area contributed by atoms with Crippen LogP contribution in [-0.2, 0) is 5.75 Å². The molecule has 1 heterocycles. The van der Waals surface area contributed by atoms with Crippen LogP contribution < -0.4 is 16.1 Å². The molecule has 0 aliphatic carbocycles. The summed E-state index contributed by atoms with van der Waals surface area (Å²) in [6.07, 6.45) is 0. The number of quaternary nitrogens is 1. The Morgan fingerprint density at radius 3 is 2.94 bits per heavy atom. The first-order chi connectivity index (χ1) is 8.74. The van der Waals surface area contributed by atoms with Gasteiger partial charge in [0.1, 0.15) is 11.3 Å². The van der Waals surface area contributed by atoms with Crippen LogP contribution >= 0.6 is 11.8 Å². The monoisotopic (exact) mass is 266 g/mol. The molecule has 2 rings (SSSR count). The molecule has 96 valence electrons. The number of ether oxygens (including phenoxy) is 1. The van der Waals surface area contributed by atoms with Crippen LogP contribution in [-0.4, -0.2) is 19.4 Å². The standard InChI is InChI=1S/C13H15NO3S/c1-16-10-2-3-11-9(8-18-5-4-14)6-13(15)17-12(11)7-10/h2-3,6-7H,4-5,8,14H2,1H3/p+1. The second-order valence-electron chi connectivity index (χ2n) is 3.86. The normalized spacial score (nSPS) is 10.8. The number of hydrogen-bond donors (Lipinski definition) is 1. The van der Waals surface area contributed by atoms with Gasteiger partial charge in [-0.3, -0.25) is 0 Å². The van der Waals surface area contributed by atoms with E-state index in [4.69, 9.17) is 9.15 Å². The van der Waals surface area contributed by atoms with Crippen LogP contribution in [0.25, 0.3) is 11.0 Å². The van der Waals surface area contributed by atoms with Gasteiger partial charge in [0, 0.05) is 29.0 Å². The summed E-state index contributed by atoms with van der Waals surface area (Å²) < 4.78 is 10.3. The quantitative estimate of drug-likeness (QED) is 0.654. The second-order valence-corrected chi connectivity index (χ2v) is 4.96. The van der Waals surface area contributed by atoms with E-state index in [0.29, 0.717) is 11.3 Å². The highest BCUT2D eigenvalue weighted by atomic mass is 32.2. The molecule has 5 heteroatoms. The summed E-state index contributed by atoms with van der Waals surface area (Å²) in [4.78, 5) is 11.5. The Morgan fingerprint density at radius 1 is 1.39 bits per heavy atom. The SMILES string of the molecule is COc1ccc2c(CSCC[NH3+])cc(=O)oc2c1. The van der Waals surface area contributed by atoms with E-state index in [1.54, 1.807) is 31.0 Å². The highest BCUT2D eigenvalue weighted by Crippen LogP contribution is 2.24. The lowest BCUT2D eigenvalue weighted by Crippen LogP contribution is -2.51. The number of rotatable bonds is 5. The molecule has 3 N–H and O–H groups in total. The minimum absolute atomic E-state index is 0.319. The Morgan fingerprint density at radius 2 is 2.22 bits per heavy atom. The average molecular weight is 266 g/mol. The maximum Gasteiger partial charge on any atom is 0.336 e. The zero-order chi connectivity index (χ0) is 13.0. The topological polar surface area (TPSA) is 67.1 Å². The molecule has 0 saturated heterocycles. The molecule has 0 aliphatic heterocycles. The van der Waals surface area contributed by atoms with Crippen molar-refractivity contribution < 1.29 is 14.9 Å². The van der Waals surface area contributed by atoms with Crippen molar-refractivity contribution in [2.24, 2.45) is 0 Å². The molecular formula is C13H16NO3S+. The first kappa shape index (κ1) is 13.0. The highest BCUT2D eigenvalue weighted by Gasteiger charge is 2.07. The summed E-state index contributed by atoms with van der Waals surface area (Å²) in [6, 6.07) is 7.10. The maximum atomic E-state index is 11.5. The molecule has 0 fully saturated rings. The van der Waals surface area contributed by atoms with Crippen molar-refractivity contribution >= 4 is 22.7 Å². The summed E-state index contributed by atoms with van der Waals surface area (Å²) in [5, 5.41) is 0.965. The van der Waals surface area contributed by atoms with E-state index in [9.17, 15) is 4.79 Å². The Hall–Kier alpha value is -1.46. The van der Waals surface area contributed by atoms with Crippen LogP contribution in [0.15, 0.2) is 33.5 Å². The minimum atomic E-state index is -0.319. The fourth-order valence-electron chi connectivity index (χ4n) is 1.74. The van der Waals surface area contributed by atoms with Gasteiger partial charge in [-0.1, -0.05) is 0 Å². The van der Waals surface area contributed by atoms with Crippen molar-refractivity contribution in [3.8, 4) is 5.75 Å². The Kier molecular flexibility index (Phi) is 4.28. The van der Waals surface area contributed by atoms with Crippen LogP contribution in [0.1, 0.15) is 5.56 Å². The Balaban J connectivity index is 2.42. The number of thioether (sulfide) groups is 1. The number of methoxy groups -OCH3 is 1. The van der Waals surface area contributed by atoms with Gasteiger partial charge >= 0.3 is 5.63 Å². The second kappa shape index (κ2) is 5.93. The molecule has 0 bridgehead atoms. The van der Waals surface area contributed by atoms with E-state index < -0.39 is 0 Å². The molecule has 0 amide bonds. The van der Waals surface area contributed by atoms with Crippen LogP contribution in [0.3, 0.4) is 0 Å². The fraction of sp³-hybridized carbons (Fsp3) is 0.308. The van der Waals surface area contributed by atoms with E-state index in [0.717, 1.165) is 29.0 Å². The zero-order valence-corrected chi connectivity index (χ0v) is 11.1. The third-order valence-electron chi connectivity index (χ3n) is 2.58. The van der Waals surface area contributed by atoms with Crippen molar-refractivity contribution in [1.29, 1.82) is 0 Å². The molecule has 0 aliphatic rings. The van der Waals surface area contributed by atoms with Gasteiger partial charge in [-0.15, -0.1) is 0 Å². The molecule has 0 radical (unpaired) electrons. The third-order valence-corrected chi connectivity index (χ3v) is 3.68. The zero-order valence-electron chi connectivity index (χ0n) is 10.3. The van der Waals surface area contributed by atoms with Crippen molar-refractivity contribution in [3.63, 3.8) is 0 Å². The largest absolute Gasteiger partial charge is 0.497 e. The van der Waals surface area contributed by atoms with Crippen molar-refractivity contribution in [1.82, 2.24) is 0 Å². The fourth-order valence-corrected chi connectivity index (χ4v) is 2.55. The molecule has 0 atom stereocenters. The van der Waals surface area contributed by atoms with Gasteiger partial charge < -0.3 is 14.9 Å². The number of hydrogen-bond acceptors (Lipinski definition) is 4. The number of fused-ring (bicyclic) bond motifs is 1. The Labute approximate surface area is 109 Å². The van der Waals surface area contributed by atoms with Gasteiger partial charge in [0.25, 0.3) is 0 Å². The summed E-state index contributed by atoms with van der Waals surface area (Å²) >= 11 is 1.77. The summed E-state index contributed by atoms with van der Waals surface area (Å²) in [7, 11) is 1.59. The molecule has 1 aromatic carbocycles. The molecule has 18 heavy (non-hydrogen) atoms. The predicted molar refractivity (Wildman–Crippen MR) is 73.0 cm³/mol. The lowest BCUT2D eigenvalue weighted by Gasteiger charge is -2.06. The van der Waals surface area contributed by atoms with Crippen LogP contribution in [0, 0.1) is 0 Å². The minimum Gasteiger partial charge on any atom is -0.497 e. The molecule has 0 unspecified atom stereocenters. The van der Waals surface area contributed by atoms with Gasteiger partial charge in [-0.25, -0.2) is 4.79 Å². The smallest absolute Gasteiger partial charge is 0.336 e. The molecule has 4 nitrogen and oxygen atoms in total. The summed E-state index contributed by atoms with van der Waals surface area (Å²) in [5.74, 6) is 2.47. The highest BCUT2D eigenvalue weighted by molar-refractivity contribution is 7.98. The lowest BCUT2D eigenvalue weighted by molar-refractivity contribution is -0.360. The molecule has 1 aromatic heterocycles. The average Bonchev–Trinajstić information content (AvgIpc) is 2.38.